The van der Waals surface area contributed by atoms with Gasteiger partial charge in [0.25, 0.3) is 0 Å². The minimum absolute atomic E-state index is 0. The number of hydrogen-bond donors (Lipinski definition) is 2. The van der Waals surface area contributed by atoms with Crippen molar-refractivity contribution in [2.45, 2.75) is 26.8 Å². The molecule has 7 heteroatoms. The van der Waals surface area contributed by atoms with Crippen molar-refractivity contribution in [3.05, 3.63) is 29.8 Å². The molecular weight excluding hydrogens is 419 g/mol. The molecule has 0 aliphatic heterocycles. The van der Waals surface area contributed by atoms with Crippen LogP contribution in [-0.2, 0) is 11.3 Å². The van der Waals surface area contributed by atoms with Crippen LogP contribution in [0.25, 0.3) is 0 Å². The van der Waals surface area contributed by atoms with Crippen molar-refractivity contribution in [3.8, 4) is 5.75 Å². The molecule has 1 rings (SSSR count). The van der Waals surface area contributed by atoms with Gasteiger partial charge in [-0.25, -0.2) is 4.99 Å². The zero-order valence-electron chi connectivity index (χ0n) is 15.0. The number of amides is 1. The molecule has 1 amide bonds. The third-order valence-electron chi connectivity index (χ3n) is 3.15. The Hall–Kier alpha value is -1.51. The first-order valence-electron chi connectivity index (χ1n) is 8.01. The molecule has 1 aromatic rings. The molecule has 1 aromatic carbocycles. The first-order chi connectivity index (χ1) is 11.1. The molecule has 0 spiro atoms. The summed E-state index contributed by atoms with van der Waals surface area (Å²) in [7, 11) is 3.51. The highest BCUT2D eigenvalue weighted by atomic mass is 127. The molecule has 0 unspecified atom stereocenters. The molecule has 0 saturated heterocycles. The molecule has 6 nitrogen and oxygen atoms in total. The lowest BCUT2D eigenvalue weighted by Gasteiger charge is -2.14. The third kappa shape index (κ3) is 8.37. The van der Waals surface area contributed by atoms with E-state index in [1.54, 1.807) is 19.0 Å². The summed E-state index contributed by atoms with van der Waals surface area (Å²) in [6, 6.07) is 7.88. The van der Waals surface area contributed by atoms with Crippen LogP contribution in [0.2, 0.25) is 0 Å². The second kappa shape index (κ2) is 12.9. The van der Waals surface area contributed by atoms with Crippen LogP contribution >= 0.6 is 24.0 Å². The smallest absolute Gasteiger partial charge is 0.223 e. The number of halogens is 1. The highest BCUT2D eigenvalue weighted by molar-refractivity contribution is 14.0. The molecule has 0 bridgehead atoms. The van der Waals surface area contributed by atoms with Gasteiger partial charge in [-0.3, -0.25) is 4.79 Å². The number of ether oxygens (including phenoxy) is 1. The molecule has 136 valence electrons. The van der Waals surface area contributed by atoms with Gasteiger partial charge in [0, 0.05) is 39.2 Å². The average molecular weight is 448 g/mol. The van der Waals surface area contributed by atoms with Crippen molar-refractivity contribution in [1.82, 2.24) is 15.5 Å². The van der Waals surface area contributed by atoms with E-state index in [4.69, 9.17) is 4.74 Å². The molecule has 0 aromatic heterocycles. The zero-order chi connectivity index (χ0) is 17.1. The summed E-state index contributed by atoms with van der Waals surface area (Å²) >= 11 is 0. The van der Waals surface area contributed by atoms with Crippen LogP contribution in [0.5, 0.6) is 5.75 Å². The Morgan fingerprint density at radius 1 is 1.21 bits per heavy atom. The number of guanidine groups is 1. The highest BCUT2D eigenvalue weighted by Crippen LogP contribution is 2.18. The summed E-state index contributed by atoms with van der Waals surface area (Å²) in [5, 5.41) is 6.36. The molecule has 2 N–H and O–H groups in total. The second-order valence-electron chi connectivity index (χ2n) is 5.20. The summed E-state index contributed by atoms with van der Waals surface area (Å²) in [6.45, 7) is 6.44. The number of rotatable bonds is 8. The molecule has 0 atom stereocenters. The van der Waals surface area contributed by atoms with Crippen molar-refractivity contribution in [2.24, 2.45) is 4.99 Å². The van der Waals surface area contributed by atoms with Gasteiger partial charge in [-0.2, -0.15) is 0 Å². The molecule has 0 aliphatic rings. The number of carbonyl (C=O) groups is 1. The van der Waals surface area contributed by atoms with Gasteiger partial charge >= 0.3 is 0 Å². The largest absolute Gasteiger partial charge is 0.494 e. The standard InChI is InChI=1S/C17H28N4O2.HI/c1-5-18-17(19-12-11-16(22)21(3)4)20-13-14-9-7-8-10-15(14)23-6-2;/h7-10H,5-6,11-13H2,1-4H3,(H2,18,19,20);1H. The van der Waals surface area contributed by atoms with E-state index < -0.39 is 0 Å². The molecule has 24 heavy (non-hydrogen) atoms. The Morgan fingerprint density at radius 3 is 2.54 bits per heavy atom. The van der Waals surface area contributed by atoms with E-state index in [-0.39, 0.29) is 29.9 Å². The fourth-order valence-corrected chi connectivity index (χ4v) is 1.95. The van der Waals surface area contributed by atoms with Crippen LogP contribution in [0, 0.1) is 0 Å². The minimum Gasteiger partial charge on any atom is -0.494 e. The van der Waals surface area contributed by atoms with Gasteiger partial charge in [0.2, 0.25) is 5.91 Å². The first kappa shape index (κ1) is 22.5. The number of nitrogens with zero attached hydrogens (tertiary/aromatic N) is 2. The summed E-state index contributed by atoms with van der Waals surface area (Å²) in [5.74, 6) is 1.65. The molecule has 0 heterocycles. The van der Waals surface area contributed by atoms with E-state index in [0.29, 0.717) is 32.1 Å². The topological polar surface area (TPSA) is 66.0 Å². The predicted octanol–water partition coefficient (Wildman–Crippen LogP) is 2.24. The zero-order valence-corrected chi connectivity index (χ0v) is 17.3. The number of para-hydroxylation sites is 1. The molecule has 0 saturated carbocycles. The number of hydrogen-bond acceptors (Lipinski definition) is 3. The van der Waals surface area contributed by atoms with Gasteiger partial charge in [-0.1, -0.05) is 18.2 Å². The van der Waals surface area contributed by atoms with Crippen LogP contribution < -0.4 is 15.4 Å². The highest BCUT2D eigenvalue weighted by Gasteiger charge is 2.05. The summed E-state index contributed by atoms with van der Waals surface area (Å²) < 4.78 is 5.61. The van der Waals surface area contributed by atoms with Crippen molar-refractivity contribution in [2.75, 3.05) is 33.8 Å². The number of nitrogens with one attached hydrogen (secondary N) is 2. The lowest BCUT2D eigenvalue weighted by Crippen LogP contribution is -2.39. The summed E-state index contributed by atoms with van der Waals surface area (Å²) in [6.07, 6.45) is 0.437. The number of carbonyl (C=O) groups excluding carboxylic acids is 1. The van der Waals surface area contributed by atoms with Crippen LogP contribution in [0.4, 0.5) is 0 Å². The van der Waals surface area contributed by atoms with Crippen LogP contribution in [0.1, 0.15) is 25.8 Å². The van der Waals surface area contributed by atoms with Crippen molar-refractivity contribution >= 4 is 35.8 Å². The SMILES string of the molecule is CCNC(=NCc1ccccc1OCC)NCCC(=O)N(C)C.I. The normalized spacial score (nSPS) is 10.6. The van der Waals surface area contributed by atoms with Crippen molar-refractivity contribution in [1.29, 1.82) is 0 Å². The predicted molar refractivity (Wildman–Crippen MR) is 109 cm³/mol. The second-order valence-corrected chi connectivity index (χ2v) is 5.20. The van der Waals surface area contributed by atoms with E-state index in [2.05, 4.69) is 15.6 Å². The van der Waals surface area contributed by atoms with Crippen LogP contribution in [0.3, 0.4) is 0 Å². The van der Waals surface area contributed by atoms with E-state index in [1.165, 1.54) is 0 Å². The quantitative estimate of drug-likeness (QED) is 0.364. The van der Waals surface area contributed by atoms with E-state index >= 15 is 0 Å². The summed E-state index contributed by atoms with van der Waals surface area (Å²) in [4.78, 5) is 17.7. The maximum atomic E-state index is 11.6. The molecule has 0 fully saturated rings. The molecular formula is C17H29IN4O2. The Balaban J connectivity index is 0.00000529. The first-order valence-corrected chi connectivity index (χ1v) is 8.01. The van der Waals surface area contributed by atoms with Crippen molar-refractivity contribution < 1.29 is 9.53 Å². The Morgan fingerprint density at radius 2 is 1.92 bits per heavy atom. The van der Waals surface area contributed by atoms with Gasteiger partial charge in [0.15, 0.2) is 5.96 Å². The maximum Gasteiger partial charge on any atom is 0.223 e. The third-order valence-corrected chi connectivity index (χ3v) is 3.15. The Bertz CT molecular complexity index is 521. The Labute approximate surface area is 162 Å². The van der Waals surface area contributed by atoms with Crippen molar-refractivity contribution in [3.63, 3.8) is 0 Å². The fourth-order valence-electron chi connectivity index (χ4n) is 1.95. The van der Waals surface area contributed by atoms with E-state index in [0.717, 1.165) is 17.9 Å². The van der Waals surface area contributed by atoms with Gasteiger partial charge in [0.05, 0.1) is 13.2 Å². The Kier molecular flexibility index (Phi) is 12.0. The molecule has 0 aliphatic carbocycles. The lowest BCUT2D eigenvalue weighted by atomic mass is 10.2. The van der Waals surface area contributed by atoms with E-state index in [9.17, 15) is 4.79 Å². The maximum absolute atomic E-state index is 11.6. The lowest BCUT2D eigenvalue weighted by molar-refractivity contribution is -0.128. The van der Waals surface area contributed by atoms with Gasteiger partial charge < -0.3 is 20.3 Å². The molecule has 0 radical (unpaired) electrons. The van der Waals surface area contributed by atoms with E-state index in [1.807, 2.05) is 38.1 Å². The number of aliphatic imine (C=N–C) groups is 1. The van der Waals surface area contributed by atoms with Crippen LogP contribution in [0.15, 0.2) is 29.3 Å². The van der Waals surface area contributed by atoms with Gasteiger partial charge in [-0.05, 0) is 19.9 Å². The fraction of sp³-hybridized carbons (Fsp3) is 0.529. The van der Waals surface area contributed by atoms with Crippen LogP contribution in [-0.4, -0.2) is 50.6 Å². The monoisotopic (exact) mass is 448 g/mol. The average Bonchev–Trinajstić information content (AvgIpc) is 2.53. The number of benzene rings is 1. The minimum atomic E-state index is 0. The van der Waals surface area contributed by atoms with Gasteiger partial charge in [0.1, 0.15) is 5.75 Å². The summed E-state index contributed by atoms with van der Waals surface area (Å²) in [5.41, 5.74) is 1.04. The van der Waals surface area contributed by atoms with Gasteiger partial charge in [-0.15, -0.1) is 24.0 Å².